The van der Waals surface area contributed by atoms with Crippen LogP contribution < -0.4 is 4.74 Å². The second kappa shape index (κ2) is 8.24. The Hall–Kier alpha value is -0.980. The van der Waals surface area contributed by atoms with Crippen LogP contribution in [0, 0.1) is 5.92 Å². The molecule has 0 atom stereocenters. The zero-order chi connectivity index (χ0) is 13.3. The Morgan fingerprint density at radius 3 is 2.74 bits per heavy atom. The first-order valence-electron chi connectivity index (χ1n) is 8.10. The number of hydrogen-bond donors (Lipinski definition) is 0. The fourth-order valence-corrected chi connectivity index (χ4v) is 2.94. The lowest BCUT2D eigenvalue weighted by Crippen LogP contribution is -2.15. The summed E-state index contributed by atoms with van der Waals surface area (Å²) in [5.41, 5.74) is 1.43. The van der Waals surface area contributed by atoms with Gasteiger partial charge < -0.3 is 4.74 Å². The molecule has 0 heterocycles. The molecule has 1 aromatic carbocycles. The number of benzene rings is 1. The average molecular weight is 260 g/mol. The van der Waals surface area contributed by atoms with Crippen molar-refractivity contribution in [2.75, 3.05) is 6.61 Å². The first-order chi connectivity index (χ1) is 9.38. The third kappa shape index (κ3) is 5.26. The lowest BCUT2D eigenvalue weighted by Gasteiger charge is -2.21. The molecule has 0 saturated heterocycles. The van der Waals surface area contributed by atoms with Gasteiger partial charge in [0.1, 0.15) is 5.75 Å². The van der Waals surface area contributed by atoms with Gasteiger partial charge in [-0.25, -0.2) is 0 Å². The highest BCUT2D eigenvalue weighted by Crippen LogP contribution is 2.25. The van der Waals surface area contributed by atoms with Crippen molar-refractivity contribution in [2.24, 2.45) is 5.92 Å². The number of hydrogen-bond acceptors (Lipinski definition) is 1. The molecule has 1 aliphatic carbocycles. The van der Waals surface area contributed by atoms with Gasteiger partial charge in [0, 0.05) is 0 Å². The molecular weight excluding hydrogens is 232 g/mol. The van der Waals surface area contributed by atoms with E-state index in [2.05, 4.69) is 31.2 Å². The van der Waals surface area contributed by atoms with Crippen molar-refractivity contribution in [3.63, 3.8) is 0 Å². The van der Waals surface area contributed by atoms with E-state index >= 15 is 0 Å². The quantitative estimate of drug-likeness (QED) is 0.598. The lowest BCUT2D eigenvalue weighted by atomic mass is 9.90. The van der Waals surface area contributed by atoms with Crippen LogP contribution in [0.2, 0.25) is 0 Å². The summed E-state index contributed by atoms with van der Waals surface area (Å²) in [4.78, 5) is 0. The number of unbranched alkanes of at least 4 members (excludes halogenated alkanes) is 2. The van der Waals surface area contributed by atoms with E-state index in [9.17, 15) is 0 Å². The largest absolute Gasteiger partial charge is 0.493 e. The highest BCUT2D eigenvalue weighted by Gasteiger charge is 2.13. The SMILES string of the molecule is CCCCCc1cccc(OCC2CCCCC2)c1. The monoisotopic (exact) mass is 260 g/mol. The van der Waals surface area contributed by atoms with E-state index in [1.807, 2.05) is 0 Å². The summed E-state index contributed by atoms with van der Waals surface area (Å²) in [6.45, 7) is 3.17. The van der Waals surface area contributed by atoms with Crippen LogP contribution >= 0.6 is 0 Å². The highest BCUT2D eigenvalue weighted by atomic mass is 16.5. The second-order valence-electron chi connectivity index (χ2n) is 5.92. The van der Waals surface area contributed by atoms with Crippen LogP contribution in [0.5, 0.6) is 5.75 Å². The third-order valence-electron chi connectivity index (χ3n) is 4.18. The predicted molar refractivity (Wildman–Crippen MR) is 81.7 cm³/mol. The summed E-state index contributed by atoms with van der Waals surface area (Å²) in [6.07, 6.45) is 12.0. The summed E-state index contributed by atoms with van der Waals surface area (Å²) in [7, 11) is 0. The van der Waals surface area contributed by atoms with Crippen molar-refractivity contribution in [1.29, 1.82) is 0 Å². The number of aryl methyl sites for hydroxylation is 1. The molecule has 1 aromatic rings. The zero-order valence-electron chi connectivity index (χ0n) is 12.4. The number of rotatable bonds is 7. The van der Waals surface area contributed by atoms with Gasteiger partial charge in [-0.05, 0) is 49.3 Å². The van der Waals surface area contributed by atoms with Gasteiger partial charge in [0.25, 0.3) is 0 Å². The van der Waals surface area contributed by atoms with Gasteiger partial charge in [0.2, 0.25) is 0 Å². The van der Waals surface area contributed by atoms with Crippen LogP contribution in [-0.4, -0.2) is 6.61 Å². The van der Waals surface area contributed by atoms with Gasteiger partial charge in [-0.3, -0.25) is 0 Å². The summed E-state index contributed by atoms with van der Waals surface area (Å²) in [5, 5.41) is 0. The van der Waals surface area contributed by atoms with Gasteiger partial charge in [-0.2, -0.15) is 0 Å². The van der Waals surface area contributed by atoms with E-state index in [1.54, 1.807) is 0 Å². The van der Waals surface area contributed by atoms with E-state index < -0.39 is 0 Å². The van der Waals surface area contributed by atoms with Crippen LogP contribution in [0.3, 0.4) is 0 Å². The zero-order valence-corrected chi connectivity index (χ0v) is 12.4. The fourth-order valence-electron chi connectivity index (χ4n) is 2.94. The molecule has 0 spiro atoms. The Bertz CT molecular complexity index is 352. The minimum Gasteiger partial charge on any atom is -0.493 e. The van der Waals surface area contributed by atoms with E-state index in [0.29, 0.717) is 0 Å². The van der Waals surface area contributed by atoms with Gasteiger partial charge in [-0.1, -0.05) is 51.2 Å². The maximum Gasteiger partial charge on any atom is 0.119 e. The molecule has 19 heavy (non-hydrogen) atoms. The minimum atomic E-state index is 0.789. The first kappa shape index (κ1) is 14.4. The van der Waals surface area contributed by atoms with Crippen LogP contribution in [0.25, 0.3) is 0 Å². The van der Waals surface area contributed by atoms with Crippen LogP contribution in [0.1, 0.15) is 63.9 Å². The second-order valence-corrected chi connectivity index (χ2v) is 5.92. The summed E-state index contributed by atoms with van der Waals surface area (Å²) in [5.74, 6) is 1.86. The molecule has 0 aliphatic heterocycles. The molecule has 0 unspecified atom stereocenters. The third-order valence-corrected chi connectivity index (χ3v) is 4.18. The Morgan fingerprint density at radius 2 is 1.95 bits per heavy atom. The maximum absolute atomic E-state index is 5.99. The van der Waals surface area contributed by atoms with E-state index in [-0.39, 0.29) is 0 Å². The van der Waals surface area contributed by atoms with Crippen LogP contribution in [-0.2, 0) is 6.42 Å². The van der Waals surface area contributed by atoms with Crippen molar-refractivity contribution in [3.05, 3.63) is 29.8 Å². The Labute approximate surface area is 118 Å². The summed E-state index contributed by atoms with van der Waals surface area (Å²) < 4.78 is 5.99. The van der Waals surface area contributed by atoms with Gasteiger partial charge in [0.05, 0.1) is 6.61 Å². The van der Waals surface area contributed by atoms with Crippen molar-refractivity contribution in [1.82, 2.24) is 0 Å². The Balaban J connectivity index is 1.77. The van der Waals surface area contributed by atoms with Crippen molar-refractivity contribution >= 4 is 0 Å². The van der Waals surface area contributed by atoms with Crippen LogP contribution in [0.4, 0.5) is 0 Å². The summed E-state index contributed by atoms with van der Waals surface area (Å²) >= 11 is 0. The lowest BCUT2D eigenvalue weighted by molar-refractivity contribution is 0.208. The first-order valence-corrected chi connectivity index (χ1v) is 8.10. The molecule has 1 fully saturated rings. The molecule has 2 rings (SSSR count). The Morgan fingerprint density at radius 1 is 1.11 bits per heavy atom. The molecule has 106 valence electrons. The van der Waals surface area contributed by atoms with Crippen molar-refractivity contribution in [2.45, 2.75) is 64.7 Å². The predicted octanol–water partition coefficient (Wildman–Crippen LogP) is 5.38. The Kier molecular flexibility index (Phi) is 6.26. The smallest absolute Gasteiger partial charge is 0.119 e. The molecular formula is C18H28O. The molecule has 0 aromatic heterocycles. The fraction of sp³-hybridized carbons (Fsp3) is 0.667. The van der Waals surface area contributed by atoms with E-state index in [1.165, 1.54) is 63.4 Å². The van der Waals surface area contributed by atoms with E-state index in [0.717, 1.165) is 18.3 Å². The summed E-state index contributed by atoms with van der Waals surface area (Å²) in [6, 6.07) is 8.70. The normalized spacial score (nSPS) is 16.5. The van der Waals surface area contributed by atoms with Gasteiger partial charge >= 0.3 is 0 Å². The molecule has 0 bridgehead atoms. The average Bonchev–Trinajstić information content (AvgIpc) is 2.47. The molecule has 1 saturated carbocycles. The van der Waals surface area contributed by atoms with Gasteiger partial charge in [-0.15, -0.1) is 0 Å². The number of ether oxygens (including phenoxy) is 1. The topological polar surface area (TPSA) is 9.23 Å². The van der Waals surface area contributed by atoms with Gasteiger partial charge in [0.15, 0.2) is 0 Å². The van der Waals surface area contributed by atoms with Crippen LogP contribution in [0.15, 0.2) is 24.3 Å². The van der Waals surface area contributed by atoms with E-state index in [4.69, 9.17) is 4.74 Å². The maximum atomic E-state index is 5.99. The van der Waals surface area contributed by atoms with Crippen molar-refractivity contribution < 1.29 is 4.74 Å². The van der Waals surface area contributed by atoms with Crippen molar-refractivity contribution in [3.8, 4) is 5.75 Å². The highest BCUT2D eigenvalue weighted by molar-refractivity contribution is 5.28. The molecule has 1 aliphatic rings. The molecule has 0 radical (unpaired) electrons. The molecule has 1 nitrogen and oxygen atoms in total. The molecule has 1 heteroatoms. The molecule has 0 amide bonds. The molecule has 0 N–H and O–H groups in total. The standard InChI is InChI=1S/C18H28O/c1-2-3-5-9-16-12-8-13-18(14-16)19-15-17-10-6-4-7-11-17/h8,12-14,17H,2-7,9-11,15H2,1H3. The minimum absolute atomic E-state index is 0.789.